The van der Waals surface area contributed by atoms with Crippen LogP contribution < -0.4 is 0 Å². The van der Waals surface area contributed by atoms with Crippen LogP contribution in [0.2, 0.25) is 0 Å². The first-order chi connectivity index (χ1) is 17.6. The first kappa shape index (κ1) is 25.5. The van der Waals surface area contributed by atoms with E-state index < -0.39 is 0 Å². The predicted molar refractivity (Wildman–Crippen MR) is 138 cm³/mol. The zero-order valence-corrected chi connectivity index (χ0v) is 20.9. The molecule has 2 aromatic carbocycles. The highest BCUT2D eigenvalue weighted by Crippen LogP contribution is 2.29. The number of likely N-dealkylation sites (tertiary alicyclic amines) is 1. The van der Waals surface area contributed by atoms with Gasteiger partial charge in [0.15, 0.2) is 0 Å². The number of rotatable bonds is 7. The summed E-state index contributed by atoms with van der Waals surface area (Å²) >= 11 is 0. The third-order valence-electron chi connectivity index (χ3n) is 7.01. The second-order valence-electron chi connectivity index (χ2n) is 9.27. The highest BCUT2D eigenvalue weighted by Gasteiger charge is 2.30. The molecule has 4 rings (SSSR count). The van der Waals surface area contributed by atoms with Crippen LogP contribution >= 0.6 is 0 Å². The number of piperidine rings is 1. The molecule has 0 N–H and O–H groups in total. The van der Waals surface area contributed by atoms with Crippen LogP contribution in [0, 0.1) is 17.2 Å². The largest absolute Gasteiger partial charge is 0.466 e. The van der Waals surface area contributed by atoms with E-state index in [4.69, 9.17) is 4.74 Å². The lowest BCUT2D eigenvalue weighted by atomic mass is 9.96. The molecule has 2 fully saturated rings. The average Bonchev–Trinajstić information content (AvgIpc) is 2.94. The van der Waals surface area contributed by atoms with E-state index in [0.717, 1.165) is 26.2 Å². The van der Waals surface area contributed by atoms with Gasteiger partial charge in [-0.05, 0) is 30.9 Å². The Balaban J connectivity index is 1.38. The zero-order chi connectivity index (χ0) is 25.3. The summed E-state index contributed by atoms with van der Waals surface area (Å²) in [5.74, 6) is -0.615. The molecule has 0 radical (unpaired) electrons. The van der Waals surface area contributed by atoms with Gasteiger partial charge in [-0.25, -0.2) is 0 Å². The molecular formula is C29H34N4O3. The smallest absolute Gasteiger partial charge is 0.309 e. The summed E-state index contributed by atoms with van der Waals surface area (Å²) in [5, 5.41) is 9.73. The number of hydrogen-bond donors (Lipinski definition) is 0. The molecule has 36 heavy (non-hydrogen) atoms. The lowest BCUT2D eigenvalue weighted by Gasteiger charge is -2.39. The number of benzene rings is 2. The Morgan fingerprint density at radius 3 is 2.00 bits per heavy atom. The molecule has 0 atom stereocenters. The van der Waals surface area contributed by atoms with Crippen molar-refractivity contribution in [1.82, 2.24) is 14.7 Å². The van der Waals surface area contributed by atoms with Crippen molar-refractivity contribution in [2.45, 2.75) is 25.8 Å². The number of carbonyl (C=O) groups is 2. The van der Waals surface area contributed by atoms with Crippen molar-refractivity contribution >= 4 is 11.9 Å². The summed E-state index contributed by atoms with van der Waals surface area (Å²) in [7, 11) is 0. The Bertz CT molecular complexity index is 1040. The van der Waals surface area contributed by atoms with Crippen LogP contribution in [0.15, 0.2) is 72.4 Å². The van der Waals surface area contributed by atoms with Gasteiger partial charge < -0.3 is 14.5 Å². The first-order valence-corrected chi connectivity index (χ1v) is 12.8. The number of nitriles is 1. The van der Waals surface area contributed by atoms with E-state index in [1.807, 2.05) is 12.1 Å². The molecule has 0 saturated carbocycles. The lowest BCUT2D eigenvalue weighted by molar-refractivity contribution is -0.150. The molecule has 188 valence electrons. The predicted octanol–water partition coefficient (Wildman–Crippen LogP) is 3.60. The third kappa shape index (κ3) is 6.13. The molecule has 1 amide bonds. The number of hydrogen-bond acceptors (Lipinski definition) is 6. The van der Waals surface area contributed by atoms with E-state index in [1.165, 1.54) is 11.1 Å². The molecule has 0 aromatic heterocycles. The van der Waals surface area contributed by atoms with Gasteiger partial charge in [0.2, 0.25) is 0 Å². The molecule has 7 nitrogen and oxygen atoms in total. The summed E-state index contributed by atoms with van der Waals surface area (Å²) in [4.78, 5) is 31.2. The fourth-order valence-electron chi connectivity index (χ4n) is 5.07. The molecule has 2 heterocycles. The van der Waals surface area contributed by atoms with Crippen LogP contribution in [0.3, 0.4) is 0 Å². The molecule has 2 saturated heterocycles. The van der Waals surface area contributed by atoms with Crippen LogP contribution in [0.25, 0.3) is 0 Å². The van der Waals surface area contributed by atoms with Crippen LogP contribution in [0.5, 0.6) is 0 Å². The quantitative estimate of drug-likeness (QED) is 0.338. The van der Waals surface area contributed by atoms with E-state index in [1.54, 1.807) is 18.0 Å². The number of ether oxygens (including phenoxy) is 1. The maximum Gasteiger partial charge on any atom is 0.309 e. The fraction of sp³-hybridized carbons (Fsp3) is 0.414. The molecular weight excluding hydrogens is 452 g/mol. The van der Waals surface area contributed by atoms with Crippen LogP contribution in [0.4, 0.5) is 0 Å². The molecule has 0 bridgehead atoms. The topological polar surface area (TPSA) is 76.9 Å². The van der Waals surface area contributed by atoms with E-state index in [-0.39, 0.29) is 29.4 Å². The van der Waals surface area contributed by atoms with E-state index >= 15 is 0 Å². The van der Waals surface area contributed by atoms with Crippen molar-refractivity contribution in [2.24, 2.45) is 5.92 Å². The number of piperazine rings is 1. The van der Waals surface area contributed by atoms with Gasteiger partial charge in [-0.3, -0.25) is 14.5 Å². The van der Waals surface area contributed by atoms with Gasteiger partial charge in [0.05, 0.1) is 18.6 Å². The standard InChI is InChI=1S/C29H34N4O3/c1-2-36-29(35)25-13-15-33(16-14-25)28(34)26(21-30)22-31-17-19-32(20-18-31)27(23-9-5-3-6-10-23)24-11-7-4-8-12-24/h3-12,22,25,27H,2,13-20H2,1H3/b26-22-. The minimum absolute atomic E-state index is 0.153. The van der Waals surface area contributed by atoms with Crippen molar-refractivity contribution in [2.75, 3.05) is 45.9 Å². The number of carbonyl (C=O) groups excluding carboxylic acids is 2. The van der Waals surface area contributed by atoms with Crippen molar-refractivity contribution < 1.29 is 14.3 Å². The van der Waals surface area contributed by atoms with Gasteiger partial charge in [-0.15, -0.1) is 0 Å². The molecule has 7 heteroatoms. The maximum absolute atomic E-state index is 13.0. The highest BCUT2D eigenvalue weighted by atomic mass is 16.5. The SMILES string of the molecule is CCOC(=O)C1CCN(C(=O)/C(C#N)=C\N2CCN(C(c3ccccc3)c3ccccc3)CC2)CC1. The molecule has 2 aliphatic heterocycles. The second kappa shape index (κ2) is 12.4. The lowest BCUT2D eigenvalue weighted by Crippen LogP contribution is -2.46. The summed E-state index contributed by atoms with van der Waals surface area (Å²) in [6, 6.07) is 23.3. The zero-order valence-electron chi connectivity index (χ0n) is 20.9. The minimum Gasteiger partial charge on any atom is -0.466 e. The normalized spacial score (nSPS) is 17.6. The molecule has 2 aliphatic rings. The first-order valence-electron chi connectivity index (χ1n) is 12.8. The third-order valence-corrected chi connectivity index (χ3v) is 7.01. The summed E-state index contributed by atoms with van der Waals surface area (Å²) in [5.41, 5.74) is 2.67. The molecule has 0 aliphatic carbocycles. The minimum atomic E-state index is -0.256. The molecule has 2 aromatic rings. The number of nitrogens with zero attached hydrogens (tertiary/aromatic N) is 4. The average molecular weight is 487 g/mol. The van der Waals surface area contributed by atoms with Gasteiger partial charge in [-0.2, -0.15) is 5.26 Å². The van der Waals surface area contributed by atoms with Gasteiger partial charge in [0.25, 0.3) is 5.91 Å². The Morgan fingerprint density at radius 1 is 0.944 bits per heavy atom. The number of amides is 1. The van der Waals surface area contributed by atoms with E-state index in [9.17, 15) is 14.9 Å². The maximum atomic E-state index is 13.0. The van der Waals surface area contributed by atoms with Gasteiger partial charge in [0.1, 0.15) is 11.6 Å². The van der Waals surface area contributed by atoms with Crippen molar-refractivity contribution in [3.05, 3.63) is 83.6 Å². The van der Waals surface area contributed by atoms with E-state index in [0.29, 0.717) is 32.5 Å². The van der Waals surface area contributed by atoms with Crippen molar-refractivity contribution in [3.8, 4) is 6.07 Å². The Morgan fingerprint density at radius 2 is 1.50 bits per heavy atom. The number of esters is 1. The van der Waals surface area contributed by atoms with Crippen molar-refractivity contribution in [3.63, 3.8) is 0 Å². The highest BCUT2D eigenvalue weighted by molar-refractivity contribution is 5.97. The summed E-state index contributed by atoms with van der Waals surface area (Å²) in [6.07, 6.45) is 2.86. The molecule has 0 spiro atoms. The van der Waals surface area contributed by atoms with Gasteiger partial charge in [-0.1, -0.05) is 60.7 Å². The van der Waals surface area contributed by atoms with Crippen LogP contribution in [-0.2, 0) is 14.3 Å². The molecule has 0 unspecified atom stereocenters. The fourth-order valence-corrected chi connectivity index (χ4v) is 5.07. The van der Waals surface area contributed by atoms with Gasteiger partial charge >= 0.3 is 5.97 Å². The summed E-state index contributed by atoms with van der Waals surface area (Å²) in [6.45, 7) is 6.20. The monoisotopic (exact) mass is 486 g/mol. The van der Waals surface area contributed by atoms with Gasteiger partial charge in [0, 0.05) is 45.5 Å². The van der Waals surface area contributed by atoms with Crippen LogP contribution in [0.1, 0.15) is 36.9 Å². The van der Waals surface area contributed by atoms with E-state index in [2.05, 4.69) is 64.4 Å². The van der Waals surface area contributed by atoms with Crippen molar-refractivity contribution in [1.29, 1.82) is 5.26 Å². The Hall–Kier alpha value is -3.63. The second-order valence-corrected chi connectivity index (χ2v) is 9.27. The van der Waals surface area contributed by atoms with Crippen LogP contribution in [-0.4, -0.2) is 72.5 Å². The Kier molecular flexibility index (Phi) is 8.75. The summed E-state index contributed by atoms with van der Waals surface area (Å²) < 4.78 is 5.11. The Labute approximate surface area is 213 Å².